The zero-order chi connectivity index (χ0) is 8.93. The van der Waals surface area contributed by atoms with E-state index in [2.05, 4.69) is 0 Å². The zero-order valence-electron chi connectivity index (χ0n) is 7.08. The SMILES string of the molecule is CC1(C)C(=O)[C@H](Cl)[C@H]2C=C[C@@H]1O2. The molecule has 0 N–H and O–H groups in total. The highest BCUT2D eigenvalue weighted by Gasteiger charge is 2.50. The van der Waals surface area contributed by atoms with Crippen LogP contribution in [0.15, 0.2) is 12.2 Å². The van der Waals surface area contributed by atoms with Crippen molar-refractivity contribution in [1.82, 2.24) is 0 Å². The molecule has 2 bridgehead atoms. The van der Waals surface area contributed by atoms with Gasteiger partial charge in [0.1, 0.15) is 5.38 Å². The van der Waals surface area contributed by atoms with Gasteiger partial charge in [-0.2, -0.15) is 0 Å². The number of rotatable bonds is 0. The predicted octanol–water partition coefficient (Wildman–Crippen LogP) is 1.53. The highest BCUT2D eigenvalue weighted by Crippen LogP contribution is 2.39. The van der Waals surface area contributed by atoms with E-state index in [1.165, 1.54) is 0 Å². The fourth-order valence-corrected chi connectivity index (χ4v) is 2.12. The van der Waals surface area contributed by atoms with Gasteiger partial charge in [-0.1, -0.05) is 26.0 Å². The second-order valence-electron chi connectivity index (χ2n) is 3.89. The van der Waals surface area contributed by atoms with Crippen molar-refractivity contribution in [3.63, 3.8) is 0 Å². The molecule has 0 unspecified atom stereocenters. The van der Waals surface area contributed by atoms with Gasteiger partial charge in [-0.25, -0.2) is 0 Å². The quantitative estimate of drug-likeness (QED) is 0.424. The Bertz CT molecular complexity index is 257. The highest BCUT2D eigenvalue weighted by molar-refractivity contribution is 6.32. The summed E-state index contributed by atoms with van der Waals surface area (Å²) in [5, 5.41) is -0.505. The van der Waals surface area contributed by atoms with E-state index in [1.807, 2.05) is 26.0 Å². The Labute approximate surface area is 76.5 Å². The first-order valence-corrected chi connectivity index (χ1v) is 4.49. The van der Waals surface area contributed by atoms with Gasteiger partial charge in [-0.15, -0.1) is 11.6 Å². The maximum atomic E-state index is 11.7. The molecule has 0 radical (unpaired) electrons. The summed E-state index contributed by atoms with van der Waals surface area (Å²) < 4.78 is 5.53. The Morgan fingerprint density at radius 1 is 1.50 bits per heavy atom. The van der Waals surface area contributed by atoms with Crippen molar-refractivity contribution < 1.29 is 9.53 Å². The highest BCUT2D eigenvalue weighted by atomic mass is 35.5. The van der Waals surface area contributed by atoms with Gasteiger partial charge in [-0.05, 0) is 0 Å². The Morgan fingerprint density at radius 3 is 2.83 bits per heavy atom. The normalized spacial score (nSPS) is 43.6. The summed E-state index contributed by atoms with van der Waals surface area (Å²) in [6.07, 6.45) is 3.54. The molecule has 0 amide bonds. The van der Waals surface area contributed by atoms with Crippen molar-refractivity contribution in [3.05, 3.63) is 12.2 Å². The lowest BCUT2D eigenvalue weighted by molar-refractivity contribution is -0.144. The molecule has 66 valence electrons. The second-order valence-corrected chi connectivity index (χ2v) is 4.36. The van der Waals surface area contributed by atoms with Gasteiger partial charge >= 0.3 is 0 Å². The molecule has 0 aromatic heterocycles. The average Bonchev–Trinajstić information content (AvgIpc) is 2.46. The molecule has 2 heterocycles. The van der Waals surface area contributed by atoms with E-state index in [0.29, 0.717) is 0 Å². The molecule has 0 aromatic rings. The Hall–Kier alpha value is -0.340. The van der Waals surface area contributed by atoms with Crippen molar-refractivity contribution in [2.45, 2.75) is 31.4 Å². The van der Waals surface area contributed by atoms with E-state index in [-0.39, 0.29) is 18.0 Å². The Morgan fingerprint density at radius 2 is 2.17 bits per heavy atom. The van der Waals surface area contributed by atoms with Gasteiger partial charge < -0.3 is 4.74 Å². The molecule has 12 heavy (non-hydrogen) atoms. The summed E-state index contributed by atoms with van der Waals surface area (Å²) in [4.78, 5) is 11.7. The summed E-state index contributed by atoms with van der Waals surface area (Å²) in [5.74, 6) is 0.0930. The van der Waals surface area contributed by atoms with E-state index in [1.54, 1.807) is 0 Å². The van der Waals surface area contributed by atoms with E-state index in [4.69, 9.17) is 16.3 Å². The van der Waals surface area contributed by atoms with Crippen molar-refractivity contribution in [2.24, 2.45) is 5.41 Å². The molecule has 2 nitrogen and oxygen atoms in total. The van der Waals surface area contributed by atoms with Crippen LogP contribution in [0.4, 0.5) is 0 Å². The first kappa shape index (κ1) is 8.27. The summed E-state index contributed by atoms with van der Waals surface area (Å²) in [5.41, 5.74) is -0.462. The van der Waals surface area contributed by atoms with Crippen molar-refractivity contribution >= 4 is 17.4 Å². The third kappa shape index (κ3) is 0.882. The Kier molecular flexibility index (Phi) is 1.61. The number of alkyl halides is 1. The maximum Gasteiger partial charge on any atom is 0.162 e. The number of Topliss-reactive ketones (excluding diaryl/α,β-unsaturated/α-hetero) is 1. The van der Waals surface area contributed by atoms with Crippen LogP contribution >= 0.6 is 11.6 Å². The monoisotopic (exact) mass is 186 g/mol. The standard InChI is InChI=1S/C9H11ClO2/c1-9(2)6-4-3-5(12-6)7(10)8(9)11/h3-7H,1-2H3/t5-,6+,7-/m1/s1. The van der Waals surface area contributed by atoms with Crippen LogP contribution in [-0.2, 0) is 9.53 Å². The van der Waals surface area contributed by atoms with Crippen LogP contribution in [0.25, 0.3) is 0 Å². The van der Waals surface area contributed by atoms with E-state index in [0.717, 1.165) is 0 Å². The van der Waals surface area contributed by atoms with E-state index < -0.39 is 10.8 Å². The van der Waals surface area contributed by atoms with Crippen LogP contribution in [0.1, 0.15) is 13.8 Å². The van der Waals surface area contributed by atoms with Crippen molar-refractivity contribution in [1.29, 1.82) is 0 Å². The third-order valence-electron chi connectivity index (χ3n) is 2.66. The summed E-state index contributed by atoms with van der Waals surface area (Å²) in [7, 11) is 0. The lowest BCUT2D eigenvalue weighted by atomic mass is 9.79. The summed E-state index contributed by atoms with van der Waals surface area (Å²) in [6, 6.07) is 0. The second kappa shape index (κ2) is 2.33. The number of carbonyl (C=O) groups is 1. The molecule has 2 aliphatic rings. The first-order valence-electron chi connectivity index (χ1n) is 4.05. The fourth-order valence-electron chi connectivity index (χ4n) is 1.69. The number of ether oxygens (including phenoxy) is 1. The van der Waals surface area contributed by atoms with Crippen LogP contribution in [-0.4, -0.2) is 23.4 Å². The van der Waals surface area contributed by atoms with Crippen LogP contribution in [0.5, 0.6) is 0 Å². The maximum absolute atomic E-state index is 11.7. The topological polar surface area (TPSA) is 26.3 Å². The zero-order valence-corrected chi connectivity index (χ0v) is 7.84. The molecule has 0 spiro atoms. The third-order valence-corrected chi connectivity index (χ3v) is 3.11. The molecule has 0 aromatic carbocycles. The molecule has 0 aliphatic carbocycles. The first-order chi connectivity index (χ1) is 5.53. The average molecular weight is 187 g/mol. The largest absolute Gasteiger partial charge is 0.364 e. The molecule has 2 rings (SSSR count). The van der Waals surface area contributed by atoms with Crippen molar-refractivity contribution in [3.8, 4) is 0 Å². The minimum absolute atomic E-state index is 0.0787. The van der Waals surface area contributed by atoms with E-state index >= 15 is 0 Å². The molecule has 1 fully saturated rings. The van der Waals surface area contributed by atoms with Gasteiger partial charge in [0.2, 0.25) is 0 Å². The van der Waals surface area contributed by atoms with Gasteiger partial charge in [0.05, 0.1) is 17.6 Å². The lowest BCUT2D eigenvalue weighted by Crippen LogP contribution is -2.50. The number of hydrogen-bond donors (Lipinski definition) is 0. The minimum atomic E-state index is -0.505. The van der Waals surface area contributed by atoms with Crippen molar-refractivity contribution in [2.75, 3.05) is 0 Å². The number of fused-ring (bicyclic) bond motifs is 2. The molecular weight excluding hydrogens is 176 g/mol. The molecule has 0 saturated carbocycles. The lowest BCUT2D eigenvalue weighted by Gasteiger charge is -2.37. The van der Waals surface area contributed by atoms with Crippen LogP contribution < -0.4 is 0 Å². The molecule has 3 heteroatoms. The fraction of sp³-hybridized carbons (Fsp3) is 0.667. The number of hydrogen-bond acceptors (Lipinski definition) is 2. The summed E-state index contributed by atoms with van der Waals surface area (Å²) in [6.45, 7) is 3.75. The predicted molar refractivity (Wildman–Crippen MR) is 46.2 cm³/mol. The number of carbonyl (C=O) groups excluding carboxylic acids is 1. The van der Waals surface area contributed by atoms with Crippen LogP contribution in [0, 0.1) is 5.41 Å². The van der Waals surface area contributed by atoms with Gasteiger partial charge in [0.25, 0.3) is 0 Å². The molecule has 3 atom stereocenters. The van der Waals surface area contributed by atoms with Gasteiger partial charge in [-0.3, -0.25) is 4.79 Å². The number of ketones is 1. The summed E-state index contributed by atoms with van der Waals surface area (Å²) >= 11 is 5.92. The van der Waals surface area contributed by atoms with Gasteiger partial charge in [0, 0.05) is 0 Å². The van der Waals surface area contributed by atoms with Crippen LogP contribution in [0.3, 0.4) is 0 Å². The minimum Gasteiger partial charge on any atom is -0.364 e. The Balaban J connectivity index is 2.38. The van der Waals surface area contributed by atoms with Gasteiger partial charge in [0.15, 0.2) is 5.78 Å². The molecule has 2 aliphatic heterocycles. The molecule has 1 saturated heterocycles. The van der Waals surface area contributed by atoms with Crippen LogP contribution in [0.2, 0.25) is 0 Å². The smallest absolute Gasteiger partial charge is 0.162 e. The van der Waals surface area contributed by atoms with E-state index in [9.17, 15) is 4.79 Å². The molecular formula is C9H11ClO2. The number of halogens is 1.